The van der Waals surface area contributed by atoms with Gasteiger partial charge in [-0.2, -0.15) is 0 Å². The first-order chi connectivity index (χ1) is 4.34. The Balaban J connectivity index is 2.45. The highest BCUT2D eigenvalue weighted by Crippen LogP contribution is 1.89. The van der Waals surface area contributed by atoms with Crippen molar-refractivity contribution in [2.24, 2.45) is 4.99 Å². The number of nitrogens with one attached hydrogen (secondary N) is 1. The van der Waals surface area contributed by atoms with Crippen LogP contribution in [-0.2, 0) is 9.59 Å². The molecule has 1 heterocycles. The Morgan fingerprint density at radius 1 is 1.89 bits per heavy atom. The second kappa shape index (κ2) is 2.39. The zero-order chi connectivity index (χ0) is 6.69. The van der Waals surface area contributed by atoms with Gasteiger partial charge in [-0.05, 0) is 0 Å². The number of carbonyl (C=O) groups is 2. The Morgan fingerprint density at radius 3 is 3.11 bits per heavy atom. The van der Waals surface area contributed by atoms with E-state index in [1.807, 2.05) is 0 Å². The number of Topliss-reactive ketones (excluding diaryl/α,β-unsaturated/α-hetero) is 1. The number of ketones is 1. The quantitative estimate of drug-likeness (QED) is 0.371. The minimum Gasteiger partial charge on any atom is -0.365 e. The second-order valence-corrected chi connectivity index (χ2v) is 1.73. The molecule has 4 heteroatoms. The molecule has 1 aliphatic heterocycles. The number of hydrogen-bond acceptors (Lipinski definition) is 4. The fourth-order valence-corrected chi connectivity index (χ4v) is 0.608. The predicted octanol–water partition coefficient (Wildman–Crippen LogP) is -1.25. The van der Waals surface area contributed by atoms with Gasteiger partial charge in [0.2, 0.25) is 5.78 Å². The summed E-state index contributed by atoms with van der Waals surface area (Å²) in [7, 11) is 0. The molecule has 1 unspecified atom stereocenters. The highest BCUT2D eigenvalue weighted by atomic mass is 16.2. The number of carbonyl (C=O) groups excluding carboxylic acids is 2. The summed E-state index contributed by atoms with van der Waals surface area (Å²) in [4.78, 5) is 24.1. The van der Waals surface area contributed by atoms with Crippen LogP contribution < -0.4 is 5.32 Å². The van der Waals surface area contributed by atoms with Crippen LogP contribution >= 0.6 is 0 Å². The van der Waals surface area contributed by atoms with Crippen LogP contribution in [0.2, 0.25) is 0 Å². The van der Waals surface area contributed by atoms with Crippen LogP contribution in [0, 0.1) is 0 Å². The minimum atomic E-state index is -0.437. The van der Waals surface area contributed by atoms with Crippen molar-refractivity contribution < 1.29 is 9.59 Å². The number of hydrogen-bond donors (Lipinski definition) is 1. The maximum atomic E-state index is 10.5. The van der Waals surface area contributed by atoms with E-state index in [0.717, 1.165) is 0 Å². The molecule has 0 amide bonds. The van der Waals surface area contributed by atoms with Gasteiger partial charge >= 0.3 is 0 Å². The fourth-order valence-electron chi connectivity index (χ4n) is 0.608. The van der Waals surface area contributed by atoms with Gasteiger partial charge < -0.3 is 5.32 Å². The van der Waals surface area contributed by atoms with Crippen LogP contribution in [0.5, 0.6) is 0 Å². The molecule has 0 aliphatic carbocycles. The molecule has 0 aromatic heterocycles. The third-order valence-electron chi connectivity index (χ3n) is 1.11. The smallest absolute Gasteiger partial charge is 0.219 e. The van der Waals surface area contributed by atoms with Gasteiger partial charge in [-0.25, -0.2) is 0 Å². The molecule has 0 radical (unpaired) electrons. The molecule has 0 saturated heterocycles. The number of rotatable bonds is 2. The van der Waals surface area contributed by atoms with E-state index in [-0.39, 0.29) is 0 Å². The zero-order valence-corrected chi connectivity index (χ0v) is 4.70. The van der Waals surface area contributed by atoms with Crippen molar-refractivity contribution >= 4 is 18.4 Å². The van der Waals surface area contributed by atoms with E-state index < -0.39 is 11.8 Å². The van der Waals surface area contributed by atoms with Crippen molar-refractivity contribution in [1.29, 1.82) is 0 Å². The summed E-state index contributed by atoms with van der Waals surface area (Å²) in [6, 6.07) is -0.400. The fraction of sp³-hybridized carbons (Fsp3) is 0.400. The van der Waals surface area contributed by atoms with Crippen molar-refractivity contribution in [3.63, 3.8) is 0 Å². The Bertz CT molecular complexity index is 156. The van der Waals surface area contributed by atoms with Crippen LogP contribution in [0.15, 0.2) is 4.99 Å². The maximum Gasteiger partial charge on any atom is 0.219 e. The third-order valence-corrected chi connectivity index (χ3v) is 1.11. The van der Waals surface area contributed by atoms with Crippen molar-refractivity contribution in [2.45, 2.75) is 6.04 Å². The SMILES string of the molecule is O=CC(=O)C1CN=CN1. The lowest BCUT2D eigenvalue weighted by Crippen LogP contribution is -2.34. The predicted molar refractivity (Wildman–Crippen MR) is 31.4 cm³/mol. The van der Waals surface area contributed by atoms with Crippen LogP contribution in [0.4, 0.5) is 0 Å². The lowest BCUT2D eigenvalue weighted by atomic mass is 10.2. The van der Waals surface area contributed by atoms with Crippen molar-refractivity contribution in [3.8, 4) is 0 Å². The summed E-state index contributed by atoms with van der Waals surface area (Å²) >= 11 is 0. The Labute approximate surface area is 52.0 Å². The van der Waals surface area contributed by atoms with Crippen LogP contribution in [0.1, 0.15) is 0 Å². The molecular weight excluding hydrogens is 120 g/mol. The van der Waals surface area contributed by atoms with Gasteiger partial charge in [0, 0.05) is 0 Å². The highest BCUT2D eigenvalue weighted by molar-refractivity contribution is 6.28. The van der Waals surface area contributed by atoms with Gasteiger partial charge in [-0.3, -0.25) is 14.6 Å². The van der Waals surface area contributed by atoms with Crippen molar-refractivity contribution in [3.05, 3.63) is 0 Å². The first-order valence-electron chi connectivity index (χ1n) is 2.58. The normalized spacial score (nSPS) is 23.3. The molecule has 48 valence electrons. The summed E-state index contributed by atoms with van der Waals surface area (Å²) in [5.74, 6) is -0.437. The molecule has 9 heavy (non-hydrogen) atoms. The molecule has 0 saturated carbocycles. The molecule has 4 nitrogen and oxygen atoms in total. The lowest BCUT2D eigenvalue weighted by Gasteiger charge is -2.00. The zero-order valence-electron chi connectivity index (χ0n) is 4.70. The van der Waals surface area contributed by atoms with E-state index in [1.165, 1.54) is 6.34 Å². The Kier molecular flexibility index (Phi) is 1.58. The van der Waals surface area contributed by atoms with Gasteiger partial charge in [0.25, 0.3) is 0 Å². The van der Waals surface area contributed by atoms with Crippen LogP contribution in [-0.4, -0.2) is 31.0 Å². The summed E-state index contributed by atoms with van der Waals surface area (Å²) in [6.45, 7) is 0.386. The Morgan fingerprint density at radius 2 is 2.67 bits per heavy atom. The molecule has 1 atom stereocenters. The summed E-state index contributed by atoms with van der Waals surface area (Å²) in [5.41, 5.74) is 0. The second-order valence-electron chi connectivity index (χ2n) is 1.73. The van der Waals surface area contributed by atoms with E-state index in [4.69, 9.17) is 0 Å². The molecule has 0 fully saturated rings. The maximum absolute atomic E-state index is 10.5. The van der Waals surface area contributed by atoms with Gasteiger partial charge in [0.1, 0.15) is 6.04 Å². The molecule has 1 aliphatic rings. The molecule has 0 spiro atoms. The summed E-state index contributed by atoms with van der Waals surface area (Å²) in [6.07, 6.45) is 1.75. The molecule has 0 aromatic rings. The van der Waals surface area contributed by atoms with E-state index in [2.05, 4.69) is 10.3 Å². The summed E-state index contributed by atoms with van der Waals surface area (Å²) in [5, 5.41) is 2.63. The average Bonchev–Trinajstić information content (AvgIpc) is 2.37. The monoisotopic (exact) mass is 126 g/mol. The molecule has 0 aromatic carbocycles. The number of aldehydes is 1. The van der Waals surface area contributed by atoms with E-state index in [1.54, 1.807) is 0 Å². The van der Waals surface area contributed by atoms with Gasteiger partial charge in [-0.15, -0.1) is 0 Å². The van der Waals surface area contributed by atoms with E-state index in [9.17, 15) is 9.59 Å². The molecule has 1 N–H and O–H groups in total. The average molecular weight is 126 g/mol. The molecular formula is C5H6N2O2. The molecule has 0 bridgehead atoms. The summed E-state index contributed by atoms with van der Waals surface area (Å²) < 4.78 is 0. The van der Waals surface area contributed by atoms with Gasteiger partial charge in [-0.1, -0.05) is 0 Å². The first kappa shape index (κ1) is 5.94. The first-order valence-corrected chi connectivity index (χ1v) is 2.58. The lowest BCUT2D eigenvalue weighted by molar-refractivity contribution is -0.130. The highest BCUT2D eigenvalue weighted by Gasteiger charge is 2.17. The topological polar surface area (TPSA) is 58.5 Å². The number of nitrogens with zero attached hydrogens (tertiary/aromatic N) is 1. The van der Waals surface area contributed by atoms with Crippen molar-refractivity contribution in [1.82, 2.24) is 5.32 Å². The third kappa shape index (κ3) is 1.13. The van der Waals surface area contributed by atoms with Crippen LogP contribution in [0.25, 0.3) is 0 Å². The van der Waals surface area contributed by atoms with E-state index in [0.29, 0.717) is 12.8 Å². The minimum absolute atomic E-state index is 0.312. The van der Waals surface area contributed by atoms with E-state index >= 15 is 0 Å². The van der Waals surface area contributed by atoms with Gasteiger partial charge in [0.15, 0.2) is 6.29 Å². The van der Waals surface area contributed by atoms with Crippen LogP contribution in [0.3, 0.4) is 0 Å². The largest absolute Gasteiger partial charge is 0.365 e. The van der Waals surface area contributed by atoms with Gasteiger partial charge in [0.05, 0.1) is 12.9 Å². The Hall–Kier alpha value is -1.19. The van der Waals surface area contributed by atoms with Crippen molar-refractivity contribution in [2.75, 3.05) is 6.54 Å². The standard InChI is InChI=1S/C5H6N2O2/c8-2-5(9)4-1-6-3-7-4/h2-4H,1H2,(H,6,7). The number of aliphatic imine (C=N–C) groups is 1. The molecule has 1 rings (SSSR count).